The highest BCUT2D eigenvalue weighted by atomic mass is 16.5. The summed E-state index contributed by atoms with van der Waals surface area (Å²) in [6.07, 6.45) is 9.18. The number of hydrogen-bond acceptors (Lipinski definition) is 8. The van der Waals surface area contributed by atoms with Gasteiger partial charge in [-0.3, -0.25) is 4.99 Å². The molecule has 0 spiro atoms. The largest absolute Gasteiger partial charge is 0.465 e. The van der Waals surface area contributed by atoms with E-state index in [1.54, 1.807) is 12.3 Å². The smallest absolute Gasteiger partial charge is 0.337 e. The molecule has 0 unspecified atom stereocenters. The number of nitrogens with zero attached hydrogens (tertiary/aromatic N) is 4. The zero-order valence-corrected chi connectivity index (χ0v) is 19.6. The van der Waals surface area contributed by atoms with Crippen LogP contribution in [0.3, 0.4) is 0 Å². The highest BCUT2D eigenvalue weighted by Crippen LogP contribution is 2.30. The first kappa shape index (κ1) is 22.3. The van der Waals surface area contributed by atoms with Crippen LogP contribution < -0.4 is 10.6 Å². The summed E-state index contributed by atoms with van der Waals surface area (Å²) in [6, 6.07) is 5.52. The number of fused-ring (bicyclic) bond motifs is 3. The van der Waals surface area contributed by atoms with Gasteiger partial charge in [0.1, 0.15) is 17.3 Å². The second-order valence-electron chi connectivity index (χ2n) is 8.84. The molecule has 1 saturated heterocycles. The predicted octanol–water partition coefficient (Wildman–Crippen LogP) is 3.24. The molecule has 5 rings (SSSR count). The lowest BCUT2D eigenvalue weighted by atomic mass is 10.1. The fraction of sp³-hybridized carbons (Fsp3) is 0.440. The van der Waals surface area contributed by atoms with E-state index in [1.807, 2.05) is 18.3 Å². The molecule has 4 heterocycles. The highest BCUT2D eigenvalue weighted by molar-refractivity contribution is 6.12. The van der Waals surface area contributed by atoms with Gasteiger partial charge >= 0.3 is 5.97 Å². The summed E-state index contributed by atoms with van der Waals surface area (Å²) in [6.45, 7) is 5.03. The third kappa shape index (κ3) is 4.89. The average Bonchev–Trinajstić information content (AvgIpc) is 3.25. The van der Waals surface area contributed by atoms with Crippen LogP contribution in [0.2, 0.25) is 0 Å². The van der Waals surface area contributed by atoms with Gasteiger partial charge < -0.3 is 25.3 Å². The van der Waals surface area contributed by atoms with Gasteiger partial charge in [-0.05, 0) is 51.0 Å². The molecule has 0 radical (unpaired) electrons. The summed E-state index contributed by atoms with van der Waals surface area (Å²) in [5.41, 5.74) is 3.07. The Balaban J connectivity index is 1.43. The Morgan fingerprint density at radius 2 is 2.09 bits per heavy atom. The molecule has 2 aliphatic rings. The molecule has 9 heteroatoms. The topological polar surface area (TPSA) is 108 Å². The third-order valence-corrected chi connectivity index (χ3v) is 6.43. The summed E-state index contributed by atoms with van der Waals surface area (Å²) in [5, 5.41) is 8.68. The highest BCUT2D eigenvalue weighted by Gasteiger charge is 2.17. The number of carbonyl (C=O) groups excluding carboxylic acids is 1. The van der Waals surface area contributed by atoms with Crippen molar-refractivity contribution in [3.8, 4) is 0 Å². The Kier molecular flexibility index (Phi) is 6.71. The molecule has 2 aliphatic heterocycles. The number of esters is 1. The molecular formula is C25H31N7O2. The number of nitrogens with one attached hydrogen (secondary N) is 3. The van der Waals surface area contributed by atoms with Crippen LogP contribution in [-0.2, 0) is 11.2 Å². The van der Waals surface area contributed by atoms with E-state index in [0.717, 1.165) is 53.0 Å². The molecule has 2 aromatic heterocycles. The molecule has 1 aromatic carbocycles. The molecule has 3 aromatic rings. The number of aromatic amines is 1. The van der Waals surface area contributed by atoms with Crippen molar-refractivity contribution in [2.75, 3.05) is 45.2 Å². The van der Waals surface area contributed by atoms with Crippen LogP contribution in [0.15, 0.2) is 35.6 Å². The summed E-state index contributed by atoms with van der Waals surface area (Å²) in [4.78, 5) is 32.1. The lowest BCUT2D eigenvalue weighted by Crippen LogP contribution is -2.31. The van der Waals surface area contributed by atoms with E-state index >= 15 is 0 Å². The van der Waals surface area contributed by atoms with Crippen LogP contribution >= 0.6 is 0 Å². The van der Waals surface area contributed by atoms with E-state index in [4.69, 9.17) is 14.7 Å². The molecule has 0 bridgehead atoms. The van der Waals surface area contributed by atoms with Gasteiger partial charge in [0, 0.05) is 42.0 Å². The Morgan fingerprint density at radius 1 is 1.21 bits per heavy atom. The SMILES string of the molecule is COC(=O)c1ccc2c(c1)[nH]c1nc(CC3=NC=CNC3)nc(NCCCN3CCCCC3)c12. The lowest BCUT2D eigenvalue weighted by Gasteiger charge is -2.26. The number of hydrogen-bond donors (Lipinski definition) is 3. The van der Waals surface area contributed by atoms with Crippen molar-refractivity contribution in [3.63, 3.8) is 0 Å². The number of piperidine rings is 1. The molecule has 34 heavy (non-hydrogen) atoms. The molecule has 3 N–H and O–H groups in total. The molecule has 0 atom stereocenters. The van der Waals surface area contributed by atoms with Crippen LogP contribution in [-0.4, -0.2) is 71.4 Å². The Hall–Kier alpha value is -3.46. The molecule has 0 saturated carbocycles. The van der Waals surface area contributed by atoms with Crippen molar-refractivity contribution in [3.05, 3.63) is 42.0 Å². The zero-order valence-electron chi connectivity index (χ0n) is 19.6. The van der Waals surface area contributed by atoms with Gasteiger partial charge in [0.2, 0.25) is 0 Å². The summed E-state index contributed by atoms with van der Waals surface area (Å²) in [7, 11) is 1.39. The minimum Gasteiger partial charge on any atom is -0.465 e. The van der Waals surface area contributed by atoms with Crippen LogP contribution in [0, 0.1) is 0 Å². The Bertz CT molecular complexity index is 1240. The van der Waals surface area contributed by atoms with Crippen LogP contribution in [0.1, 0.15) is 41.9 Å². The normalized spacial score (nSPS) is 16.4. The molecular weight excluding hydrogens is 430 g/mol. The first-order chi connectivity index (χ1) is 16.7. The number of anilines is 1. The Labute approximate surface area is 198 Å². The zero-order chi connectivity index (χ0) is 23.3. The number of carbonyl (C=O) groups is 1. The van der Waals surface area contributed by atoms with Gasteiger partial charge in [0.15, 0.2) is 0 Å². The fourth-order valence-electron chi connectivity index (χ4n) is 4.70. The van der Waals surface area contributed by atoms with E-state index in [9.17, 15) is 4.79 Å². The van der Waals surface area contributed by atoms with Gasteiger partial charge in [-0.15, -0.1) is 0 Å². The van der Waals surface area contributed by atoms with E-state index in [2.05, 4.69) is 25.5 Å². The first-order valence-corrected chi connectivity index (χ1v) is 12.0. The number of ether oxygens (including phenoxy) is 1. The monoisotopic (exact) mass is 461 g/mol. The van der Waals surface area contributed by atoms with E-state index in [1.165, 1.54) is 39.5 Å². The van der Waals surface area contributed by atoms with Gasteiger partial charge in [-0.1, -0.05) is 12.5 Å². The van der Waals surface area contributed by atoms with Crippen molar-refractivity contribution < 1.29 is 9.53 Å². The number of aromatic nitrogens is 3. The summed E-state index contributed by atoms with van der Waals surface area (Å²) in [5.74, 6) is 1.16. The minimum atomic E-state index is -0.362. The van der Waals surface area contributed by atoms with Crippen molar-refractivity contribution in [2.24, 2.45) is 4.99 Å². The number of benzene rings is 1. The van der Waals surface area contributed by atoms with Gasteiger partial charge in [-0.25, -0.2) is 14.8 Å². The first-order valence-electron chi connectivity index (χ1n) is 12.0. The maximum Gasteiger partial charge on any atom is 0.337 e. The summed E-state index contributed by atoms with van der Waals surface area (Å²) >= 11 is 0. The number of rotatable bonds is 8. The number of H-pyrrole nitrogens is 1. The van der Waals surface area contributed by atoms with E-state index in [0.29, 0.717) is 24.4 Å². The lowest BCUT2D eigenvalue weighted by molar-refractivity contribution is 0.0601. The fourth-order valence-corrected chi connectivity index (χ4v) is 4.70. The number of methoxy groups -OCH3 is 1. The second kappa shape index (κ2) is 10.2. The van der Waals surface area contributed by atoms with Crippen molar-refractivity contribution in [1.29, 1.82) is 0 Å². The van der Waals surface area contributed by atoms with Crippen molar-refractivity contribution in [1.82, 2.24) is 25.2 Å². The van der Waals surface area contributed by atoms with Crippen LogP contribution in [0.25, 0.3) is 21.9 Å². The Morgan fingerprint density at radius 3 is 2.88 bits per heavy atom. The molecule has 0 amide bonds. The van der Waals surface area contributed by atoms with Gasteiger partial charge in [0.25, 0.3) is 0 Å². The molecule has 178 valence electrons. The second-order valence-corrected chi connectivity index (χ2v) is 8.84. The average molecular weight is 462 g/mol. The maximum atomic E-state index is 12.0. The minimum absolute atomic E-state index is 0.362. The van der Waals surface area contributed by atoms with Crippen molar-refractivity contribution >= 4 is 39.4 Å². The standard InChI is InChI=1S/C25H31N7O2/c1-34-25(33)17-6-7-19-20(14-17)29-24-22(19)23(28-8-5-13-32-11-3-2-4-12-32)30-21(31-24)15-18-16-26-9-10-27-18/h6-7,9-10,14,26H,2-5,8,11-13,15-16H2,1H3,(H2,28,29,30,31). The molecule has 0 aliphatic carbocycles. The van der Waals surface area contributed by atoms with Crippen LogP contribution in [0.4, 0.5) is 5.82 Å². The predicted molar refractivity (Wildman–Crippen MR) is 134 cm³/mol. The van der Waals surface area contributed by atoms with Gasteiger partial charge in [0.05, 0.1) is 24.6 Å². The number of aliphatic imine (C=N–C) groups is 1. The summed E-state index contributed by atoms with van der Waals surface area (Å²) < 4.78 is 4.88. The quantitative estimate of drug-likeness (QED) is 0.349. The maximum absolute atomic E-state index is 12.0. The van der Waals surface area contributed by atoms with E-state index < -0.39 is 0 Å². The van der Waals surface area contributed by atoms with Crippen LogP contribution in [0.5, 0.6) is 0 Å². The molecule has 9 nitrogen and oxygen atoms in total. The molecule has 1 fully saturated rings. The van der Waals surface area contributed by atoms with Gasteiger partial charge in [-0.2, -0.15) is 0 Å². The van der Waals surface area contributed by atoms with E-state index in [-0.39, 0.29) is 5.97 Å². The van der Waals surface area contributed by atoms with Crippen molar-refractivity contribution in [2.45, 2.75) is 32.1 Å². The number of likely N-dealkylation sites (tertiary alicyclic amines) is 1. The third-order valence-electron chi connectivity index (χ3n) is 6.43.